The van der Waals surface area contributed by atoms with E-state index in [1.807, 2.05) is 12.1 Å². The van der Waals surface area contributed by atoms with Gasteiger partial charge in [0.05, 0.1) is 12.7 Å². The second-order valence-electron chi connectivity index (χ2n) is 6.06. The minimum Gasteiger partial charge on any atom is -0.508 e. The van der Waals surface area contributed by atoms with Gasteiger partial charge in [0, 0.05) is 35.9 Å². The molecule has 4 nitrogen and oxygen atoms in total. The fraction of sp³-hybridized carbons (Fsp3) is 0.647. The van der Waals surface area contributed by atoms with Crippen LogP contribution in [0.1, 0.15) is 45.7 Å². The highest BCUT2D eigenvalue weighted by Crippen LogP contribution is 2.31. The second kappa shape index (κ2) is 7.14. The van der Waals surface area contributed by atoms with Crippen LogP contribution in [0.15, 0.2) is 18.2 Å². The molecule has 0 bridgehead atoms. The number of phenols is 1. The standard InChI is InChI=1S/C17H28N2O2/c1-5-8-18-14(4)16-7-6-15(9-17(16)20)19-10-13(3)21-11-12(19)2/h6-7,9,12-14,18,20H,5,8,10-11H2,1-4H3. The van der Waals surface area contributed by atoms with E-state index in [2.05, 4.69) is 44.0 Å². The number of aromatic hydroxyl groups is 1. The SMILES string of the molecule is CCCNC(C)c1ccc(N2CC(C)OCC2C)cc1O. The zero-order valence-corrected chi connectivity index (χ0v) is 13.6. The maximum Gasteiger partial charge on any atom is 0.122 e. The molecule has 0 aromatic heterocycles. The predicted octanol–water partition coefficient (Wildman–Crippen LogP) is 3.07. The lowest BCUT2D eigenvalue weighted by molar-refractivity contribution is 0.0343. The third-order valence-electron chi connectivity index (χ3n) is 4.12. The molecule has 2 rings (SSSR count). The van der Waals surface area contributed by atoms with Crippen LogP contribution in [0.5, 0.6) is 5.75 Å². The van der Waals surface area contributed by atoms with E-state index < -0.39 is 0 Å². The zero-order chi connectivity index (χ0) is 15.4. The van der Waals surface area contributed by atoms with Gasteiger partial charge in [-0.1, -0.05) is 13.0 Å². The maximum atomic E-state index is 10.3. The molecule has 1 aromatic rings. The Hall–Kier alpha value is -1.26. The highest BCUT2D eigenvalue weighted by molar-refractivity contribution is 5.55. The van der Waals surface area contributed by atoms with Crippen LogP contribution in [0, 0.1) is 0 Å². The van der Waals surface area contributed by atoms with Gasteiger partial charge in [-0.15, -0.1) is 0 Å². The molecular formula is C17H28N2O2. The van der Waals surface area contributed by atoms with Crippen molar-refractivity contribution >= 4 is 5.69 Å². The van der Waals surface area contributed by atoms with Crippen LogP contribution in [0.4, 0.5) is 5.69 Å². The molecule has 1 saturated heterocycles. The number of nitrogens with one attached hydrogen (secondary N) is 1. The topological polar surface area (TPSA) is 44.7 Å². The van der Waals surface area contributed by atoms with E-state index in [1.54, 1.807) is 0 Å². The summed E-state index contributed by atoms with van der Waals surface area (Å²) in [7, 11) is 0. The number of rotatable bonds is 5. The third kappa shape index (κ3) is 3.89. The second-order valence-corrected chi connectivity index (χ2v) is 6.06. The average molecular weight is 292 g/mol. The van der Waals surface area contributed by atoms with E-state index in [0.29, 0.717) is 11.8 Å². The molecule has 118 valence electrons. The van der Waals surface area contributed by atoms with Gasteiger partial charge in [0.2, 0.25) is 0 Å². The third-order valence-corrected chi connectivity index (χ3v) is 4.12. The van der Waals surface area contributed by atoms with Gasteiger partial charge >= 0.3 is 0 Å². The van der Waals surface area contributed by atoms with Crippen molar-refractivity contribution in [1.82, 2.24) is 5.32 Å². The van der Waals surface area contributed by atoms with Crippen molar-refractivity contribution in [1.29, 1.82) is 0 Å². The maximum absolute atomic E-state index is 10.3. The van der Waals surface area contributed by atoms with Gasteiger partial charge in [0.15, 0.2) is 0 Å². The Morgan fingerprint density at radius 1 is 1.43 bits per heavy atom. The Balaban J connectivity index is 2.14. The number of anilines is 1. The number of morpholine rings is 1. The van der Waals surface area contributed by atoms with Gasteiger partial charge in [0.1, 0.15) is 5.75 Å². The van der Waals surface area contributed by atoms with Crippen LogP contribution in [-0.2, 0) is 4.74 Å². The number of hydrogen-bond acceptors (Lipinski definition) is 4. The molecule has 0 saturated carbocycles. The largest absolute Gasteiger partial charge is 0.508 e. The summed E-state index contributed by atoms with van der Waals surface area (Å²) in [6.45, 7) is 11.0. The Bertz CT molecular complexity index is 464. The van der Waals surface area contributed by atoms with E-state index in [0.717, 1.165) is 37.4 Å². The van der Waals surface area contributed by atoms with Crippen LogP contribution in [-0.4, -0.2) is 36.9 Å². The summed E-state index contributed by atoms with van der Waals surface area (Å²) in [6.07, 6.45) is 1.32. The first kappa shape index (κ1) is 16.1. The first-order valence-electron chi connectivity index (χ1n) is 7.97. The van der Waals surface area contributed by atoms with Crippen LogP contribution in [0.2, 0.25) is 0 Å². The van der Waals surface area contributed by atoms with Gasteiger partial charge in [-0.05, 0) is 39.8 Å². The molecule has 3 unspecified atom stereocenters. The molecule has 3 atom stereocenters. The van der Waals surface area contributed by atoms with Gasteiger partial charge < -0.3 is 20.1 Å². The van der Waals surface area contributed by atoms with E-state index in [4.69, 9.17) is 4.74 Å². The van der Waals surface area contributed by atoms with E-state index in [9.17, 15) is 5.11 Å². The quantitative estimate of drug-likeness (QED) is 0.875. The minimum absolute atomic E-state index is 0.167. The first-order valence-corrected chi connectivity index (χ1v) is 7.97. The van der Waals surface area contributed by atoms with Gasteiger partial charge in [0.25, 0.3) is 0 Å². The molecule has 1 fully saturated rings. The number of phenolic OH excluding ortho intramolecular Hbond substituents is 1. The molecule has 21 heavy (non-hydrogen) atoms. The number of ether oxygens (including phenoxy) is 1. The van der Waals surface area contributed by atoms with Crippen molar-refractivity contribution in [3.05, 3.63) is 23.8 Å². The van der Waals surface area contributed by atoms with Crippen molar-refractivity contribution < 1.29 is 9.84 Å². The average Bonchev–Trinajstić information content (AvgIpc) is 2.47. The number of hydrogen-bond donors (Lipinski definition) is 2. The molecule has 1 aromatic carbocycles. The van der Waals surface area contributed by atoms with Crippen LogP contribution in [0.3, 0.4) is 0 Å². The fourth-order valence-electron chi connectivity index (χ4n) is 2.81. The summed E-state index contributed by atoms with van der Waals surface area (Å²) in [5, 5.41) is 13.8. The van der Waals surface area contributed by atoms with Crippen molar-refractivity contribution in [2.24, 2.45) is 0 Å². The lowest BCUT2D eigenvalue weighted by Gasteiger charge is -2.38. The Morgan fingerprint density at radius 2 is 2.19 bits per heavy atom. The molecule has 1 aliphatic heterocycles. The molecule has 0 amide bonds. The van der Waals surface area contributed by atoms with Crippen LogP contribution >= 0.6 is 0 Å². The predicted molar refractivity (Wildman–Crippen MR) is 87.0 cm³/mol. The summed E-state index contributed by atoms with van der Waals surface area (Å²) in [5.74, 6) is 0.370. The Labute approximate surface area is 128 Å². The minimum atomic E-state index is 0.167. The summed E-state index contributed by atoms with van der Waals surface area (Å²) in [5.41, 5.74) is 2.03. The van der Waals surface area contributed by atoms with Crippen LogP contribution in [0.25, 0.3) is 0 Å². The Kier molecular flexibility index (Phi) is 5.48. The monoisotopic (exact) mass is 292 g/mol. The van der Waals surface area contributed by atoms with Crippen molar-refractivity contribution in [3.63, 3.8) is 0 Å². The molecule has 0 radical (unpaired) electrons. The van der Waals surface area contributed by atoms with E-state index in [1.165, 1.54) is 0 Å². The summed E-state index contributed by atoms with van der Waals surface area (Å²) in [6, 6.07) is 6.52. The molecule has 4 heteroatoms. The fourth-order valence-corrected chi connectivity index (χ4v) is 2.81. The van der Waals surface area contributed by atoms with Crippen molar-refractivity contribution in [2.75, 3.05) is 24.6 Å². The van der Waals surface area contributed by atoms with Gasteiger partial charge in [-0.3, -0.25) is 0 Å². The smallest absolute Gasteiger partial charge is 0.122 e. The normalized spacial score (nSPS) is 24.1. The lowest BCUT2D eigenvalue weighted by atomic mass is 10.0. The number of benzene rings is 1. The zero-order valence-electron chi connectivity index (χ0n) is 13.6. The molecule has 2 N–H and O–H groups in total. The van der Waals surface area contributed by atoms with E-state index in [-0.39, 0.29) is 12.1 Å². The first-order chi connectivity index (χ1) is 10.0. The highest BCUT2D eigenvalue weighted by Gasteiger charge is 2.24. The molecule has 1 heterocycles. The van der Waals surface area contributed by atoms with Crippen LogP contribution < -0.4 is 10.2 Å². The molecular weight excluding hydrogens is 264 g/mol. The lowest BCUT2D eigenvalue weighted by Crippen LogP contribution is -2.47. The Morgan fingerprint density at radius 3 is 2.86 bits per heavy atom. The summed E-state index contributed by atoms with van der Waals surface area (Å²) >= 11 is 0. The van der Waals surface area contributed by atoms with Gasteiger partial charge in [-0.25, -0.2) is 0 Å². The number of nitrogens with zero attached hydrogens (tertiary/aromatic N) is 1. The highest BCUT2D eigenvalue weighted by atomic mass is 16.5. The molecule has 0 aliphatic carbocycles. The van der Waals surface area contributed by atoms with Crippen molar-refractivity contribution in [2.45, 2.75) is 52.3 Å². The van der Waals surface area contributed by atoms with Crippen molar-refractivity contribution in [3.8, 4) is 5.75 Å². The molecule has 1 aliphatic rings. The van der Waals surface area contributed by atoms with E-state index >= 15 is 0 Å². The van der Waals surface area contributed by atoms with Gasteiger partial charge in [-0.2, -0.15) is 0 Å². The molecule has 0 spiro atoms. The summed E-state index contributed by atoms with van der Waals surface area (Å²) in [4.78, 5) is 2.31. The summed E-state index contributed by atoms with van der Waals surface area (Å²) < 4.78 is 5.66.